The molecule has 1 aliphatic rings. The number of rotatable bonds is 0. The fraction of sp³-hybridized carbons (Fsp3) is 0.312. The highest BCUT2D eigenvalue weighted by Gasteiger charge is 2.31. The summed E-state index contributed by atoms with van der Waals surface area (Å²) in [5.41, 5.74) is 5.77. The van der Waals surface area contributed by atoms with Gasteiger partial charge in [-0.1, -0.05) is 0 Å². The molecule has 26 heavy (non-hydrogen) atoms. The molecule has 1 aliphatic heterocycles. The van der Waals surface area contributed by atoms with Gasteiger partial charge in [-0.15, -0.1) is 0 Å². The summed E-state index contributed by atoms with van der Waals surface area (Å²) >= 11 is 0. The van der Waals surface area contributed by atoms with Crippen molar-refractivity contribution in [1.29, 1.82) is 0 Å². The van der Waals surface area contributed by atoms with E-state index in [-0.39, 0.29) is 17.5 Å². The molecule has 0 unspecified atom stereocenters. The van der Waals surface area contributed by atoms with Crippen molar-refractivity contribution < 1.29 is 22.7 Å². The van der Waals surface area contributed by atoms with E-state index in [9.17, 15) is 18.0 Å². The first-order chi connectivity index (χ1) is 12.1. The third-order valence-electron chi connectivity index (χ3n) is 3.75. The molecule has 1 fully saturated rings. The number of nitrogens with zero attached hydrogens (tertiary/aromatic N) is 2. The first kappa shape index (κ1) is 17.8. The Morgan fingerprint density at radius 1 is 1.27 bits per heavy atom. The van der Waals surface area contributed by atoms with Crippen molar-refractivity contribution in [1.82, 2.24) is 20.3 Å². The van der Waals surface area contributed by atoms with Gasteiger partial charge in [0.1, 0.15) is 24.4 Å². The Kier molecular flexibility index (Phi) is 4.13. The minimum atomic E-state index is -4.39. The second-order valence-electron chi connectivity index (χ2n) is 6.45. The summed E-state index contributed by atoms with van der Waals surface area (Å²) in [6, 6.07) is 3.43. The van der Waals surface area contributed by atoms with E-state index in [0.29, 0.717) is 28.5 Å². The molecule has 10 heteroatoms. The summed E-state index contributed by atoms with van der Waals surface area (Å²) in [6.45, 7) is 4.31. The van der Waals surface area contributed by atoms with Crippen LogP contribution in [0.1, 0.15) is 19.4 Å². The fourth-order valence-electron chi connectivity index (χ4n) is 2.52. The number of hydrogen-bond donors (Lipinski definition) is 3. The predicted molar refractivity (Wildman–Crippen MR) is 89.4 cm³/mol. The van der Waals surface area contributed by atoms with E-state index in [4.69, 9.17) is 5.73 Å². The van der Waals surface area contributed by atoms with E-state index in [0.717, 1.165) is 12.1 Å². The lowest BCUT2D eigenvalue weighted by molar-refractivity contribution is -0.137. The van der Waals surface area contributed by atoms with E-state index in [2.05, 4.69) is 25.0 Å². The van der Waals surface area contributed by atoms with Crippen LogP contribution in [0.25, 0.3) is 21.9 Å². The van der Waals surface area contributed by atoms with Gasteiger partial charge in [0.2, 0.25) is 0 Å². The summed E-state index contributed by atoms with van der Waals surface area (Å²) in [5.74, 6) is 0.158. The molecule has 4 rings (SSSR count). The number of ether oxygens (including phenoxy) is 1. The average Bonchev–Trinajstić information content (AvgIpc) is 3.06. The number of benzene rings is 1. The van der Waals surface area contributed by atoms with Crippen LogP contribution < -0.4 is 11.1 Å². The Balaban J connectivity index is 0.000000206. The molecule has 1 saturated heterocycles. The zero-order valence-electron chi connectivity index (χ0n) is 13.9. The Morgan fingerprint density at radius 2 is 2.00 bits per heavy atom. The molecular weight excluding hydrogens is 351 g/mol. The van der Waals surface area contributed by atoms with Crippen molar-refractivity contribution >= 4 is 33.8 Å². The van der Waals surface area contributed by atoms with Gasteiger partial charge in [0, 0.05) is 10.9 Å². The number of hydrogen-bond acceptors (Lipinski definition) is 5. The number of carbonyl (C=O) groups excluding carboxylic acids is 1. The zero-order chi connectivity index (χ0) is 19.1. The van der Waals surface area contributed by atoms with Gasteiger partial charge in [-0.2, -0.15) is 13.2 Å². The fourth-order valence-corrected chi connectivity index (χ4v) is 2.52. The number of cyclic esters (lactones) is 1. The first-order valence-corrected chi connectivity index (χ1v) is 7.61. The van der Waals surface area contributed by atoms with Gasteiger partial charge in [0.05, 0.1) is 16.5 Å². The van der Waals surface area contributed by atoms with Gasteiger partial charge >= 0.3 is 12.3 Å². The normalized spacial score (nSPS) is 16.1. The number of aromatic amines is 1. The standard InChI is InChI=1S/C11H7F3N4.C5H9NO2/c12-11(13,14)5-1-2-7-6(3-5)8-9(15)16-4-17-10(8)18-7;1-5(2)3-8-4(7)6-5/h1-4H,(H3,15,16,17,18);3H2,1-2H3,(H,6,7). The van der Waals surface area contributed by atoms with Gasteiger partial charge in [0.25, 0.3) is 0 Å². The number of halogens is 3. The Hall–Kier alpha value is -3.04. The molecule has 0 saturated carbocycles. The number of alkyl halides is 3. The summed E-state index contributed by atoms with van der Waals surface area (Å²) in [5, 5.41) is 3.42. The number of fused-ring (bicyclic) bond motifs is 3. The van der Waals surface area contributed by atoms with Crippen molar-refractivity contribution in [2.24, 2.45) is 0 Å². The second-order valence-corrected chi connectivity index (χ2v) is 6.45. The summed E-state index contributed by atoms with van der Waals surface area (Å²) in [4.78, 5) is 21.0. The molecule has 0 spiro atoms. The highest BCUT2D eigenvalue weighted by Crippen LogP contribution is 2.34. The van der Waals surface area contributed by atoms with E-state index in [1.54, 1.807) is 0 Å². The third kappa shape index (κ3) is 3.48. The van der Waals surface area contributed by atoms with Crippen LogP contribution in [0, 0.1) is 0 Å². The molecule has 0 bridgehead atoms. The molecule has 0 atom stereocenters. The number of nitrogens with one attached hydrogen (secondary N) is 2. The van der Waals surface area contributed by atoms with Crippen molar-refractivity contribution in [2.45, 2.75) is 25.6 Å². The summed E-state index contributed by atoms with van der Waals surface area (Å²) in [6.07, 6.45) is -3.44. The van der Waals surface area contributed by atoms with Gasteiger partial charge in [-0.05, 0) is 32.0 Å². The highest BCUT2D eigenvalue weighted by atomic mass is 19.4. The average molecular weight is 367 g/mol. The Labute approximate surface area is 145 Å². The maximum absolute atomic E-state index is 12.6. The van der Waals surface area contributed by atoms with Crippen LogP contribution in [0.3, 0.4) is 0 Å². The lowest BCUT2D eigenvalue weighted by Gasteiger charge is -2.11. The monoisotopic (exact) mass is 367 g/mol. The van der Waals surface area contributed by atoms with Crippen LogP contribution in [-0.4, -0.2) is 33.2 Å². The number of carbonyl (C=O) groups is 1. The van der Waals surface area contributed by atoms with E-state index >= 15 is 0 Å². The highest BCUT2D eigenvalue weighted by molar-refractivity contribution is 6.10. The van der Waals surface area contributed by atoms with Crippen LogP contribution in [0.5, 0.6) is 0 Å². The van der Waals surface area contributed by atoms with Gasteiger partial charge in [-0.25, -0.2) is 14.8 Å². The molecule has 3 heterocycles. The number of H-pyrrole nitrogens is 1. The molecule has 3 aromatic rings. The van der Waals surface area contributed by atoms with Crippen LogP contribution in [0.2, 0.25) is 0 Å². The number of aromatic nitrogens is 3. The van der Waals surface area contributed by atoms with E-state index in [1.165, 1.54) is 12.4 Å². The maximum Gasteiger partial charge on any atom is 0.416 e. The van der Waals surface area contributed by atoms with Crippen LogP contribution >= 0.6 is 0 Å². The van der Waals surface area contributed by atoms with Crippen molar-refractivity contribution in [3.63, 3.8) is 0 Å². The van der Waals surface area contributed by atoms with Gasteiger partial charge < -0.3 is 20.8 Å². The number of amides is 1. The van der Waals surface area contributed by atoms with Crippen molar-refractivity contribution in [2.75, 3.05) is 12.3 Å². The molecule has 7 nitrogen and oxygen atoms in total. The number of alkyl carbamates (subject to hydrolysis) is 1. The molecule has 1 aromatic carbocycles. The van der Waals surface area contributed by atoms with Crippen LogP contribution in [0.15, 0.2) is 24.5 Å². The second kappa shape index (κ2) is 6.04. The number of nitrogens with two attached hydrogens (primary N) is 1. The van der Waals surface area contributed by atoms with Gasteiger partial charge in [0.15, 0.2) is 0 Å². The molecule has 138 valence electrons. The molecule has 2 aromatic heterocycles. The summed E-state index contributed by atoms with van der Waals surface area (Å²) in [7, 11) is 0. The summed E-state index contributed by atoms with van der Waals surface area (Å²) < 4.78 is 42.6. The molecule has 4 N–H and O–H groups in total. The van der Waals surface area contributed by atoms with Crippen molar-refractivity contribution in [3.8, 4) is 0 Å². The minimum absolute atomic E-state index is 0.156. The molecule has 1 amide bonds. The molecular formula is C16H16F3N5O2. The zero-order valence-corrected chi connectivity index (χ0v) is 13.9. The minimum Gasteiger partial charge on any atom is -0.447 e. The number of nitrogen functional groups attached to an aromatic ring is 1. The molecule has 0 aliphatic carbocycles. The third-order valence-corrected chi connectivity index (χ3v) is 3.75. The Morgan fingerprint density at radius 3 is 2.54 bits per heavy atom. The van der Waals surface area contributed by atoms with Gasteiger partial charge in [-0.3, -0.25) is 0 Å². The van der Waals surface area contributed by atoms with E-state index < -0.39 is 11.7 Å². The predicted octanol–water partition coefficient (Wildman–Crippen LogP) is 3.22. The largest absolute Gasteiger partial charge is 0.447 e. The topological polar surface area (TPSA) is 106 Å². The Bertz CT molecular complexity index is 981. The lowest BCUT2D eigenvalue weighted by atomic mass is 10.1. The number of anilines is 1. The van der Waals surface area contributed by atoms with E-state index in [1.807, 2.05) is 13.8 Å². The van der Waals surface area contributed by atoms with Crippen LogP contribution in [0.4, 0.5) is 23.8 Å². The first-order valence-electron chi connectivity index (χ1n) is 7.61. The quantitative estimate of drug-likeness (QED) is 0.566. The maximum atomic E-state index is 12.6. The molecule has 0 radical (unpaired) electrons. The lowest BCUT2D eigenvalue weighted by Crippen LogP contribution is -2.36. The van der Waals surface area contributed by atoms with Crippen LogP contribution in [-0.2, 0) is 10.9 Å². The smallest absolute Gasteiger partial charge is 0.416 e. The SMILES string of the molecule is CC1(C)COC(=O)N1.Nc1ncnc2[nH]c3ccc(C(F)(F)F)cc3c12. The van der Waals surface area contributed by atoms with Crippen molar-refractivity contribution in [3.05, 3.63) is 30.1 Å².